The first-order valence-corrected chi connectivity index (χ1v) is 2.40. The van der Waals surface area contributed by atoms with Crippen LogP contribution in [0.4, 0.5) is 0 Å². The molecular formula is C6H14O. The summed E-state index contributed by atoms with van der Waals surface area (Å²) in [6.45, 7) is 5.14. The fraction of sp³-hybridized carbons (Fsp3) is 1.00. The summed E-state index contributed by atoms with van der Waals surface area (Å²) in [5.41, 5.74) is 0.0365. The molecule has 1 nitrogen and oxygen atoms in total. The van der Waals surface area contributed by atoms with E-state index >= 15 is 0 Å². The van der Waals surface area contributed by atoms with Gasteiger partial charge in [0.25, 0.3) is 0 Å². The molecule has 44 valence electrons. The van der Waals surface area contributed by atoms with Crippen molar-refractivity contribution in [2.24, 2.45) is 5.41 Å². The predicted octanol–water partition coefficient (Wildman–Crippen LogP) is 1.68. The van der Waals surface area contributed by atoms with Crippen LogP contribution in [-0.4, -0.2) is 13.7 Å². The van der Waals surface area contributed by atoms with Crippen LogP contribution in [0.25, 0.3) is 0 Å². The van der Waals surface area contributed by atoms with Crippen molar-refractivity contribution in [2.75, 3.05) is 13.7 Å². The molecule has 0 saturated carbocycles. The third kappa shape index (κ3) is 5.96. The average Bonchev–Trinajstić information content (AvgIpc) is 1.67. The van der Waals surface area contributed by atoms with Gasteiger partial charge in [-0.3, -0.25) is 0 Å². The average molecular weight is 103 g/mol. The summed E-state index contributed by atoms with van der Waals surface area (Å²) in [6, 6.07) is 0. The Kier molecular flexibility index (Phi) is 1.69. The van der Waals surface area contributed by atoms with E-state index in [0.29, 0.717) is 13.5 Å². The number of methoxy groups -OCH3 is 1. The van der Waals surface area contributed by atoms with Gasteiger partial charge in [0.1, 0.15) is 0 Å². The van der Waals surface area contributed by atoms with Gasteiger partial charge < -0.3 is 4.74 Å². The van der Waals surface area contributed by atoms with Crippen molar-refractivity contribution >= 4 is 0 Å². The predicted molar refractivity (Wildman–Crippen MR) is 31.3 cm³/mol. The van der Waals surface area contributed by atoms with Gasteiger partial charge in [0.2, 0.25) is 0 Å². The lowest BCUT2D eigenvalue weighted by atomic mass is 9.99. The van der Waals surface area contributed by atoms with Gasteiger partial charge in [-0.05, 0) is 5.41 Å². The van der Waals surface area contributed by atoms with E-state index in [4.69, 9.17) is 6.11 Å². The third-order valence-electron chi connectivity index (χ3n) is 0.535. The Balaban J connectivity index is 3.37. The van der Waals surface area contributed by atoms with Gasteiger partial charge in [-0.15, -0.1) is 0 Å². The molecule has 0 aromatic rings. The number of ether oxygens (including phenoxy) is 1. The molecule has 1 heteroatoms. The maximum absolute atomic E-state index is 7.03. The van der Waals surface area contributed by atoms with Gasteiger partial charge in [-0.25, -0.2) is 0 Å². The van der Waals surface area contributed by atoms with Crippen LogP contribution in [0.1, 0.15) is 22.1 Å². The van der Waals surface area contributed by atoms with Crippen molar-refractivity contribution < 1.29 is 6.11 Å². The molecule has 0 N–H and O–H groups in total. The first-order chi connectivity index (χ1) is 3.62. The van der Waals surface area contributed by atoms with E-state index < -0.39 is 0 Å². The van der Waals surface area contributed by atoms with E-state index in [-0.39, 0.29) is 5.41 Å². The summed E-state index contributed by atoms with van der Waals surface area (Å²) in [5, 5.41) is 0. The lowest BCUT2D eigenvalue weighted by molar-refractivity contribution is 0.116. The molecule has 0 fully saturated rings. The normalized spacial score (nSPS) is 13.9. The molecule has 0 aliphatic heterocycles. The third-order valence-corrected chi connectivity index (χ3v) is 0.535. The highest BCUT2D eigenvalue weighted by atomic mass is 16.5. The molecule has 0 heterocycles. The van der Waals surface area contributed by atoms with Gasteiger partial charge in [-0.2, -0.15) is 0 Å². The minimum atomic E-state index is 0.0365. The van der Waals surface area contributed by atoms with Gasteiger partial charge in [-0.1, -0.05) is 20.7 Å². The molecule has 0 bridgehead atoms. The molecule has 0 amide bonds. The Hall–Kier alpha value is -0.0400. The summed E-state index contributed by atoms with van der Waals surface area (Å²) in [4.78, 5) is 0. The zero-order chi connectivity index (χ0) is 6.62. The quantitative estimate of drug-likeness (QED) is 0.490. The number of rotatable bonds is 1. The Morgan fingerprint density at radius 2 is 2.29 bits per heavy atom. The smallest absolute Gasteiger partial charge is 0.0510 e. The second-order valence-electron chi connectivity index (χ2n) is 2.60. The maximum Gasteiger partial charge on any atom is 0.0510 e. The van der Waals surface area contributed by atoms with Crippen molar-refractivity contribution in [3.8, 4) is 0 Å². The molecule has 0 atom stereocenters. The minimum Gasteiger partial charge on any atom is -0.384 e. The fourth-order valence-electron chi connectivity index (χ4n) is 0.391. The largest absolute Gasteiger partial charge is 0.384 e. The van der Waals surface area contributed by atoms with Crippen LogP contribution in [0.3, 0.4) is 0 Å². The Morgan fingerprint density at radius 1 is 1.71 bits per heavy atom. The highest BCUT2D eigenvalue weighted by molar-refractivity contribution is 4.57. The van der Waals surface area contributed by atoms with Crippen LogP contribution in [0.5, 0.6) is 0 Å². The van der Waals surface area contributed by atoms with Crippen molar-refractivity contribution in [3.63, 3.8) is 0 Å². The Morgan fingerprint density at radius 3 is 2.43 bits per heavy atom. The van der Waals surface area contributed by atoms with Crippen molar-refractivity contribution in [3.05, 3.63) is 0 Å². The molecular weight excluding hydrogens is 88.1 g/mol. The van der Waals surface area contributed by atoms with E-state index in [0.717, 1.165) is 0 Å². The molecule has 0 aliphatic rings. The van der Waals surface area contributed by atoms with Crippen molar-refractivity contribution in [1.82, 2.24) is 0 Å². The molecule has 0 rings (SSSR count). The maximum atomic E-state index is 7.03. The highest BCUT2D eigenvalue weighted by Gasteiger charge is 2.07. The molecule has 0 aromatic carbocycles. The van der Waals surface area contributed by atoms with Gasteiger partial charge in [0, 0.05) is 8.48 Å². The topological polar surface area (TPSA) is 9.23 Å². The lowest BCUT2D eigenvalue weighted by Gasteiger charge is -2.15. The molecule has 0 unspecified atom stereocenters. The van der Waals surface area contributed by atoms with E-state index in [1.165, 1.54) is 0 Å². The van der Waals surface area contributed by atoms with E-state index in [1.807, 2.05) is 13.8 Å². The first kappa shape index (κ1) is 5.10. The van der Waals surface area contributed by atoms with Crippen LogP contribution < -0.4 is 0 Å². The van der Waals surface area contributed by atoms with Gasteiger partial charge in [0.15, 0.2) is 0 Å². The van der Waals surface area contributed by atoms with Crippen LogP contribution in [0.2, 0.25) is 0 Å². The number of hydrogen-bond donors (Lipinski definition) is 0. The second kappa shape index (κ2) is 2.31. The van der Waals surface area contributed by atoms with E-state index in [1.54, 1.807) is 7.11 Å². The zero-order valence-electron chi connectivity index (χ0n) is 6.32. The highest BCUT2D eigenvalue weighted by Crippen LogP contribution is 2.11. The lowest BCUT2D eigenvalue weighted by Crippen LogP contribution is -2.12. The summed E-state index contributed by atoms with van der Waals surface area (Å²) >= 11 is 0. The molecule has 7 heavy (non-hydrogen) atoms. The summed E-state index contributed by atoms with van der Waals surface area (Å²) in [7, 11) is 1.66. The molecule has 0 aliphatic carbocycles. The van der Waals surface area contributed by atoms with E-state index in [9.17, 15) is 0 Å². The SMILES string of the molecule is [2H]CC(C)(C)COC. The van der Waals surface area contributed by atoms with Crippen LogP contribution in [0.15, 0.2) is 0 Å². The van der Waals surface area contributed by atoms with Crippen molar-refractivity contribution in [2.45, 2.75) is 20.7 Å². The Bertz CT molecular complexity index is 61.5. The first-order valence-electron chi connectivity index (χ1n) is 3.11. The Labute approximate surface area is 47.1 Å². The summed E-state index contributed by atoms with van der Waals surface area (Å²) in [6.07, 6.45) is 0. The molecule has 0 aromatic heterocycles. The van der Waals surface area contributed by atoms with Gasteiger partial charge in [0.05, 0.1) is 6.61 Å². The minimum absolute atomic E-state index is 0.0365. The summed E-state index contributed by atoms with van der Waals surface area (Å²) in [5.74, 6) is 0. The van der Waals surface area contributed by atoms with Crippen LogP contribution in [-0.2, 0) is 4.74 Å². The standard InChI is InChI=1S/C6H14O/c1-6(2,3)5-7-4/h5H2,1-4H3/i1D. The summed E-state index contributed by atoms with van der Waals surface area (Å²) < 4.78 is 11.9. The monoisotopic (exact) mass is 103 g/mol. The molecule has 0 saturated heterocycles. The number of hydrogen-bond acceptors (Lipinski definition) is 1. The van der Waals surface area contributed by atoms with Crippen molar-refractivity contribution in [1.29, 1.82) is 0 Å². The molecule has 0 radical (unpaired) electrons. The van der Waals surface area contributed by atoms with Crippen LogP contribution in [0, 0.1) is 5.41 Å². The van der Waals surface area contributed by atoms with E-state index in [2.05, 4.69) is 0 Å². The molecule has 0 spiro atoms. The second-order valence-corrected chi connectivity index (χ2v) is 2.60. The van der Waals surface area contributed by atoms with Crippen LogP contribution >= 0.6 is 0 Å². The zero-order valence-corrected chi connectivity index (χ0v) is 5.32. The van der Waals surface area contributed by atoms with Gasteiger partial charge >= 0.3 is 0 Å². The fourth-order valence-corrected chi connectivity index (χ4v) is 0.391.